The average molecular weight is 296 g/mol. The molecule has 4 heteroatoms. The molecule has 0 fully saturated rings. The smallest absolute Gasteiger partial charge is 0.224 e. The van der Waals surface area contributed by atoms with Gasteiger partial charge in [-0.25, -0.2) is 0 Å². The van der Waals surface area contributed by atoms with Crippen LogP contribution in [0, 0.1) is 0 Å². The predicted octanol–water partition coefficient (Wildman–Crippen LogP) is 4.05. The first-order valence-electron chi connectivity index (χ1n) is 7.42. The molecule has 0 saturated carbocycles. The van der Waals surface area contributed by atoms with Crippen LogP contribution in [0.3, 0.4) is 0 Å². The maximum Gasteiger partial charge on any atom is 0.224 e. The van der Waals surface area contributed by atoms with Gasteiger partial charge in [-0.05, 0) is 35.4 Å². The Kier molecular flexibility index (Phi) is 5.31. The first-order valence-corrected chi connectivity index (χ1v) is 7.42. The first kappa shape index (κ1) is 15.8. The molecular weight excluding hydrogens is 276 g/mol. The van der Waals surface area contributed by atoms with Gasteiger partial charge in [-0.2, -0.15) is 0 Å². The van der Waals surface area contributed by atoms with E-state index in [2.05, 4.69) is 10.6 Å². The molecule has 0 unspecified atom stereocenters. The lowest BCUT2D eigenvalue weighted by Gasteiger charge is -2.07. The summed E-state index contributed by atoms with van der Waals surface area (Å²) in [4.78, 5) is 22.7. The Morgan fingerprint density at radius 1 is 0.682 bits per heavy atom. The van der Waals surface area contributed by atoms with E-state index in [1.165, 1.54) is 0 Å². The largest absolute Gasteiger partial charge is 0.326 e. The summed E-state index contributed by atoms with van der Waals surface area (Å²) < 4.78 is 0. The molecule has 0 saturated heterocycles. The van der Waals surface area contributed by atoms with E-state index in [0.29, 0.717) is 12.8 Å². The van der Waals surface area contributed by atoms with Crippen molar-refractivity contribution < 1.29 is 9.59 Å². The van der Waals surface area contributed by atoms with Gasteiger partial charge in [-0.15, -0.1) is 0 Å². The van der Waals surface area contributed by atoms with Crippen molar-refractivity contribution in [2.45, 2.75) is 26.7 Å². The zero-order valence-electron chi connectivity index (χ0n) is 12.8. The van der Waals surface area contributed by atoms with E-state index in [1.54, 1.807) is 0 Å². The molecule has 0 aliphatic rings. The Morgan fingerprint density at radius 3 is 1.27 bits per heavy atom. The number of hydrogen-bond donors (Lipinski definition) is 2. The Morgan fingerprint density at radius 2 is 1.00 bits per heavy atom. The van der Waals surface area contributed by atoms with Crippen LogP contribution in [0.2, 0.25) is 0 Å². The molecule has 114 valence electrons. The number of carbonyl (C=O) groups is 2. The lowest BCUT2D eigenvalue weighted by molar-refractivity contribution is -0.116. The monoisotopic (exact) mass is 296 g/mol. The normalized spacial score (nSPS) is 10.1. The lowest BCUT2D eigenvalue weighted by atomic mass is 10.0. The zero-order chi connectivity index (χ0) is 15.9. The molecule has 0 atom stereocenters. The van der Waals surface area contributed by atoms with E-state index in [0.717, 1.165) is 22.5 Å². The second-order valence-electron chi connectivity index (χ2n) is 4.96. The van der Waals surface area contributed by atoms with Crippen molar-refractivity contribution in [3.8, 4) is 11.1 Å². The molecule has 0 heterocycles. The number of rotatable bonds is 5. The summed E-state index contributed by atoms with van der Waals surface area (Å²) in [6, 6.07) is 15.4. The highest BCUT2D eigenvalue weighted by molar-refractivity contribution is 5.91. The Balaban J connectivity index is 2.08. The quantitative estimate of drug-likeness (QED) is 0.874. The Labute approximate surface area is 130 Å². The number of nitrogens with one attached hydrogen (secondary N) is 2. The summed E-state index contributed by atoms with van der Waals surface area (Å²) in [5, 5.41) is 5.64. The van der Waals surface area contributed by atoms with Crippen LogP contribution in [0.4, 0.5) is 11.4 Å². The highest BCUT2D eigenvalue weighted by Gasteiger charge is 2.02. The van der Waals surface area contributed by atoms with Crippen LogP contribution >= 0.6 is 0 Å². The molecule has 0 aliphatic heterocycles. The molecule has 22 heavy (non-hydrogen) atoms. The van der Waals surface area contributed by atoms with Gasteiger partial charge in [-0.1, -0.05) is 38.1 Å². The zero-order valence-corrected chi connectivity index (χ0v) is 12.8. The standard InChI is InChI=1S/C18H20N2O2/c1-3-17(21)19-15-9-5-13(6-10-15)14-7-11-16(12-8-14)20-18(22)4-2/h5-12H,3-4H2,1-2H3,(H,19,21)(H,20,22). The van der Waals surface area contributed by atoms with Gasteiger partial charge in [0.15, 0.2) is 0 Å². The molecule has 0 bridgehead atoms. The minimum atomic E-state index is 0.00349. The molecule has 0 radical (unpaired) electrons. The fraction of sp³-hybridized carbons (Fsp3) is 0.222. The molecule has 4 nitrogen and oxygen atoms in total. The van der Waals surface area contributed by atoms with Crippen molar-refractivity contribution in [2.75, 3.05) is 10.6 Å². The van der Waals surface area contributed by atoms with Crippen molar-refractivity contribution in [3.63, 3.8) is 0 Å². The maximum absolute atomic E-state index is 11.3. The highest BCUT2D eigenvalue weighted by atomic mass is 16.2. The molecule has 0 aromatic heterocycles. The van der Waals surface area contributed by atoms with Crippen LogP contribution in [-0.4, -0.2) is 11.8 Å². The minimum Gasteiger partial charge on any atom is -0.326 e. The van der Waals surface area contributed by atoms with E-state index in [1.807, 2.05) is 62.4 Å². The summed E-state index contributed by atoms with van der Waals surface area (Å²) in [5.74, 6) is 0.00698. The third-order valence-corrected chi connectivity index (χ3v) is 3.31. The van der Waals surface area contributed by atoms with E-state index < -0.39 is 0 Å². The van der Waals surface area contributed by atoms with E-state index in [9.17, 15) is 9.59 Å². The number of hydrogen-bond acceptors (Lipinski definition) is 2. The molecule has 2 aromatic carbocycles. The topological polar surface area (TPSA) is 58.2 Å². The van der Waals surface area contributed by atoms with E-state index >= 15 is 0 Å². The van der Waals surface area contributed by atoms with Gasteiger partial charge in [0.05, 0.1) is 0 Å². The highest BCUT2D eigenvalue weighted by Crippen LogP contribution is 2.23. The van der Waals surface area contributed by atoms with E-state index in [4.69, 9.17) is 0 Å². The second-order valence-corrected chi connectivity index (χ2v) is 4.96. The fourth-order valence-electron chi connectivity index (χ4n) is 1.99. The first-order chi connectivity index (χ1) is 10.6. The van der Waals surface area contributed by atoms with Crippen LogP contribution in [-0.2, 0) is 9.59 Å². The number of carbonyl (C=O) groups excluding carboxylic acids is 2. The molecule has 2 aromatic rings. The predicted molar refractivity (Wildman–Crippen MR) is 89.7 cm³/mol. The average Bonchev–Trinajstić information content (AvgIpc) is 2.56. The van der Waals surface area contributed by atoms with Crippen LogP contribution in [0.25, 0.3) is 11.1 Å². The summed E-state index contributed by atoms with van der Waals surface area (Å²) in [6.45, 7) is 3.64. The minimum absolute atomic E-state index is 0.00349. The van der Waals surface area contributed by atoms with Gasteiger partial charge >= 0.3 is 0 Å². The van der Waals surface area contributed by atoms with Gasteiger partial charge in [0.1, 0.15) is 0 Å². The Bertz CT molecular complexity index is 586. The van der Waals surface area contributed by atoms with Gasteiger partial charge < -0.3 is 10.6 Å². The van der Waals surface area contributed by atoms with Crippen LogP contribution in [0.15, 0.2) is 48.5 Å². The van der Waals surface area contributed by atoms with Gasteiger partial charge in [0.2, 0.25) is 11.8 Å². The third kappa shape index (κ3) is 4.19. The summed E-state index contributed by atoms with van der Waals surface area (Å²) >= 11 is 0. The summed E-state index contributed by atoms with van der Waals surface area (Å²) in [5.41, 5.74) is 3.70. The fourth-order valence-corrected chi connectivity index (χ4v) is 1.99. The van der Waals surface area contributed by atoms with Crippen LogP contribution in [0.5, 0.6) is 0 Å². The molecule has 2 rings (SSSR count). The van der Waals surface area contributed by atoms with Gasteiger partial charge in [0, 0.05) is 24.2 Å². The molecule has 2 amide bonds. The molecular formula is C18H20N2O2. The SMILES string of the molecule is CCC(=O)Nc1ccc(-c2ccc(NC(=O)CC)cc2)cc1. The summed E-state index contributed by atoms with van der Waals surface area (Å²) in [7, 11) is 0. The van der Waals surface area contributed by atoms with Crippen LogP contribution in [0.1, 0.15) is 26.7 Å². The maximum atomic E-state index is 11.3. The van der Waals surface area contributed by atoms with Crippen molar-refractivity contribution in [1.82, 2.24) is 0 Å². The number of benzene rings is 2. The van der Waals surface area contributed by atoms with Crippen molar-refractivity contribution in [1.29, 1.82) is 0 Å². The van der Waals surface area contributed by atoms with E-state index in [-0.39, 0.29) is 11.8 Å². The van der Waals surface area contributed by atoms with Crippen LogP contribution < -0.4 is 10.6 Å². The van der Waals surface area contributed by atoms with Crippen molar-refractivity contribution in [3.05, 3.63) is 48.5 Å². The number of amides is 2. The van der Waals surface area contributed by atoms with Crippen molar-refractivity contribution >= 4 is 23.2 Å². The van der Waals surface area contributed by atoms with Gasteiger partial charge in [0.25, 0.3) is 0 Å². The van der Waals surface area contributed by atoms with Crippen molar-refractivity contribution in [2.24, 2.45) is 0 Å². The molecule has 2 N–H and O–H groups in total. The number of anilines is 2. The second kappa shape index (κ2) is 7.41. The summed E-state index contributed by atoms with van der Waals surface area (Å²) in [6.07, 6.45) is 0.930. The lowest BCUT2D eigenvalue weighted by Crippen LogP contribution is -2.09. The van der Waals surface area contributed by atoms with Gasteiger partial charge in [-0.3, -0.25) is 9.59 Å². The Hall–Kier alpha value is -2.62. The molecule has 0 aliphatic carbocycles. The third-order valence-electron chi connectivity index (χ3n) is 3.31. The molecule has 0 spiro atoms.